The van der Waals surface area contributed by atoms with E-state index < -0.39 is 5.41 Å². The Bertz CT molecular complexity index is 3460. The van der Waals surface area contributed by atoms with Gasteiger partial charge in [0.1, 0.15) is 0 Å². The fourth-order valence-corrected chi connectivity index (χ4v) is 12.1. The molecular weight excluding hydrogens is 755 g/mol. The Morgan fingerprint density at radius 2 is 0.820 bits per heavy atom. The van der Waals surface area contributed by atoms with Gasteiger partial charge in [-0.05, 0) is 91.5 Å². The summed E-state index contributed by atoms with van der Waals surface area (Å²) in [7, 11) is 0. The highest BCUT2D eigenvalue weighted by atomic mass is 32.1. The summed E-state index contributed by atoms with van der Waals surface area (Å²) in [5.74, 6) is 0. The molecule has 284 valence electrons. The van der Waals surface area contributed by atoms with Gasteiger partial charge in [0.15, 0.2) is 0 Å². The van der Waals surface area contributed by atoms with Crippen molar-refractivity contribution in [3.63, 3.8) is 0 Å². The number of fused-ring (bicyclic) bond motifs is 15. The van der Waals surface area contributed by atoms with Crippen molar-refractivity contribution in [3.8, 4) is 44.5 Å². The molecule has 1 spiro atoms. The molecule has 10 aromatic carbocycles. The summed E-state index contributed by atoms with van der Waals surface area (Å²) in [4.78, 5) is 2.56. The first-order valence-electron chi connectivity index (χ1n) is 21.1. The van der Waals surface area contributed by atoms with Crippen LogP contribution in [0, 0.1) is 0 Å². The lowest BCUT2D eigenvalue weighted by molar-refractivity contribution is 0.793. The number of anilines is 3. The van der Waals surface area contributed by atoms with Crippen molar-refractivity contribution in [1.82, 2.24) is 0 Å². The van der Waals surface area contributed by atoms with Crippen molar-refractivity contribution in [1.29, 1.82) is 0 Å². The van der Waals surface area contributed by atoms with Gasteiger partial charge in [0, 0.05) is 47.9 Å². The van der Waals surface area contributed by atoms with Crippen LogP contribution in [0.2, 0.25) is 0 Å². The third kappa shape index (κ3) is 4.83. The number of hydrogen-bond donors (Lipinski definition) is 0. The summed E-state index contributed by atoms with van der Waals surface area (Å²) in [6.07, 6.45) is 0. The summed E-state index contributed by atoms with van der Waals surface area (Å²) >= 11 is 1.90. The third-order valence-corrected chi connectivity index (χ3v) is 14.5. The number of hydrogen-bond acceptors (Lipinski definition) is 2. The van der Waals surface area contributed by atoms with E-state index in [1.807, 2.05) is 11.3 Å². The van der Waals surface area contributed by atoms with Crippen molar-refractivity contribution in [3.05, 3.63) is 247 Å². The van der Waals surface area contributed by atoms with Gasteiger partial charge in [0.05, 0.1) is 11.1 Å². The first-order valence-corrected chi connectivity index (χ1v) is 21.9. The van der Waals surface area contributed by atoms with E-state index in [2.05, 4.69) is 229 Å². The SMILES string of the molecule is c1ccc(-c2ccc(N(c3ccc4c(c3)C3(c5ccccc5-c5ccccc53)c3ccccc3-4)c3c(-c4ccccc4)c4c5ccccc5sc4c4ccccc34)cc2)cc1. The van der Waals surface area contributed by atoms with E-state index in [1.54, 1.807) is 0 Å². The number of rotatable bonds is 5. The van der Waals surface area contributed by atoms with Gasteiger partial charge in [-0.2, -0.15) is 0 Å². The highest BCUT2D eigenvalue weighted by Crippen LogP contribution is 2.64. The van der Waals surface area contributed by atoms with Gasteiger partial charge >= 0.3 is 0 Å². The van der Waals surface area contributed by atoms with Crippen molar-refractivity contribution in [2.24, 2.45) is 0 Å². The number of nitrogens with zero attached hydrogens (tertiary/aromatic N) is 1. The van der Waals surface area contributed by atoms with Crippen LogP contribution in [-0.4, -0.2) is 0 Å². The van der Waals surface area contributed by atoms with Crippen LogP contribution < -0.4 is 4.90 Å². The number of thiophene rings is 1. The summed E-state index contributed by atoms with van der Waals surface area (Å²) < 4.78 is 2.62. The fourth-order valence-electron chi connectivity index (χ4n) is 10.8. The minimum absolute atomic E-state index is 0.462. The zero-order valence-corrected chi connectivity index (χ0v) is 34.0. The van der Waals surface area contributed by atoms with Gasteiger partial charge in [0.25, 0.3) is 0 Å². The van der Waals surface area contributed by atoms with Crippen LogP contribution >= 0.6 is 11.3 Å². The smallest absolute Gasteiger partial charge is 0.0726 e. The molecule has 1 heterocycles. The molecule has 0 atom stereocenters. The van der Waals surface area contributed by atoms with E-state index in [9.17, 15) is 0 Å². The molecule has 2 heteroatoms. The molecule has 0 fully saturated rings. The average Bonchev–Trinajstić information content (AvgIpc) is 3.97. The average molecular weight is 792 g/mol. The predicted octanol–water partition coefficient (Wildman–Crippen LogP) is 16.4. The van der Waals surface area contributed by atoms with Crippen LogP contribution in [0.3, 0.4) is 0 Å². The second-order valence-electron chi connectivity index (χ2n) is 16.3. The molecule has 0 saturated carbocycles. The zero-order valence-electron chi connectivity index (χ0n) is 33.2. The van der Waals surface area contributed by atoms with E-state index in [-0.39, 0.29) is 0 Å². The molecule has 0 aliphatic heterocycles. The van der Waals surface area contributed by atoms with Crippen molar-refractivity contribution >= 4 is 59.3 Å². The Labute approximate surface area is 359 Å². The topological polar surface area (TPSA) is 3.24 Å². The maximum atomic E-state index is 2.56. The Kier molecular flexibility index (Phi) is 7.46. The lowest BCUT2D eigenvalue weighted by Crippen LogP contribution is -2.26. The van der Waals surface area contributed by atoms with Gasteiger partial charge in [-0.3, -0.25) is 0 Å². The van der Waals surface area contributed by atoms with Crippen LogP contribution in [0.25, 0.3) is 75.5 Å². The largest absolute Gasteiger partial charge is 0.309 e. The van der Waals surface area contributed by atoms with Crippen LogP contribution in [0.4, 0.5) is 17.1 Å². The maximum Gasteiger partial charge on any atom is 0.0726 e. The fraction of sp³-hybridized carbons (Fsp3) is 0.0169. The summed E-state index contributed by atoms with van der Waals surface area (Å²) in [5, 5.41) is 5.08. The minimum atomic E-state index is -0.462. The second kappa shape index (κ2) is 13.2. The summed E-state index contributed by atoms with van der Waals surface area (Å²) in [6, 6.07) is 83.5. The first-order chi connectivity index (χ1) is 30.3. The van der Waals surface area contributed by atoms with E-state index in [4.69, 9.17) is 0 Å². The molecular formula is C59H37NS. The Morgan fingerprint density at radius 1 is 0.344 bits per heavy atom. The Balaban J connectivity index is 1.16. The highest BCUT2D eigenvalue weighted by molar-refractivity contribution is 7.26. The van der Waals surface area contributed by atoms with Crippen molar-refractivity contribution in [2.45, 2.75) is 5.41 Å². The molecule has 61 heavy (non-hydrogen) atoms. The summed E-state index contributed by atoms with van der Waals surface area (Å²) in [5.41, 5.74) is 18.4. The Morgan fingerprint density at radius 3 is 1.46 bits per heavy atom. The monoisotopic (exact) mass is 791 g/mol. The van der Waals surface area contributed by atoms with E-state index in [1.165, 1.54) is 103 Å². The normalized spacial score (nSPS) is 13.0. The molecule has 0 unspecified atom stereocenters. The number of benzene rings is 10. The van der Waals surface area contributed by atoms with Crippen LogP contribution in [0.1, 0.15) is 22.3 Å². The van der Waals surface area contributed by atoms with E-state index in [0.717, 1.165) is 11.4 Å². The van der Waals surface area contributed by atoms with Gasteiger partial charge in [-0.25, -0.2) is 0 Å². The van der Waals surface area contributed by atoms with E-state index in [0.29, 0.717) is 0 Å². The van der Waals surface area contributed by atoms with E-state index >= 15 is 0 Å². The third-order valence-electron chi connectivity index (χ3n) is 13.3. The highest BCUT2D eigenvalue weighted by Gasteiger charge is 2.51. The molecule has 2 aliphatic rings. The Hall–Kier alpha value is -7.52. The second-order valence-corrected chi connectivity index (χ2v) is 17.4. The van der Waals surface area contributed by atoms with Gasteiger partial charge in [-0.1, -0.05) is 194 Å². The quantitative estimate of drug-likeness (QED) is 0.168. The van der Waals surface area contributed by atoms with Gasteiger partial charge < -0.3 is 4.90 Å². The molecule has 0 radical (unpaired) electrons. The van der Waals surface area contributed by atoms with Crippen LogP contribution in [0.5, 0.6) is 0 Å². The molecule has 13 rings (SSSR count). The molecule has 0 amide bonds. The zero-order chi connectivity index (χ0) is 40.1. The molecule has 0 bridgehead atoms. The van der Waals surface area contributed by atoms with Crippen molar-refractivity contribution < 1.29 is 0 Å². The molecule has 1 nitrogen and oxygen atoms in total. The minimum Gasteiger partial charge on any atom is -0.309 e. The van der Waals surface area contributed by atoms with Crippen molar-refractivity contribution in [2.75, 3.05) is 4.90 Å². The predicted molar refractivity (Wildman–Crippen MR) is 259 cm³/mol. The lowest BCUT2D eigenvalue weighted by atomic mass is 9.70. The van der Waals surface area contributed by atoms with Crippen LogP contribution in [-0.2, 0) is 5.41 Å². The van der Waals surface area contributed by atoms with Gasteiger partial charge in [-0.15, -0.1) is 11.3 Å². The maximum absolute atomic E-state index is 2.56. The molecule has 1 aromatic heterocycles. The van der Waals surface area contributed by atoms with Gasteiger partial charge in [0.2, 0.25) is 0 Å². The molecule has 0 saturated heterocycles. The molecule has 2 aliphatic carbocycles. The van der Waals surface area contributed by atoms with Crippen LogP contribution in [0.15, 0.2) is 224 Å². The standard InChI is InChI=1S/C59H37NS/c1-3-17-38(18-4-1)39-31-33-41(34-32-39)60(57-47-24-7-8-25-48(47)58-56(49-26-12-16-30-54(49)61-58)55(57)40-19-5-2-6-20-40)42-35-36-46-45-23-11-15-29-52(45)59(53(46)37-42)50-27-13-9-21-43(50)44-22-10-14-28-51(44)59/h1-37H. The molecule has 11 aromatic rings. The molecule has 0 N–H and O–H groups in total. The summed E-state index contributed by atoms with van der Waals surface area (Å²) in [6.45, 7) is 0. The lowest BCUT2D eigenvalue weighted by Gasteiger charge is -2.33. The first kappa shape index (κ1) is 34.4.